The first-order valence-corrected chi connectivity index (χ1v) is 13.5. The van der Waals surface area contributed by atoms with Crippen molar-refractivity contribution in [1.29, 1.82) is 0 Å². The number of nitrogens with zero attached hydrogens (tertiary/aromatic N) is 6. The van der Waals surface area contributed by atoms with Gasteiger partial charge < -0.3 is 24.4 Å². The van der Waals surface area contributed by atoms with Crippen LogP contribution in [0.15, 0.2) is 30.3 Å². The van der Waals surface area contributed by atoms with E-state index in [4.69, 9.17) is 24.4 Å². The first kappa shape index (κ1) is 28.3. The number of pyridine rings is 1. The molecule has 2 fully saturated rings. The van der Waals surface area contributed by atoms with Gasteiger partial charge in [0.25, 0.3) is 0 Å². The third kappa shape index (κ3) is 6.08. The summed E-state index contributed by atoms with van der Waals surface area (Å²) < 4.78 is 49.7. The van der Waals surface area contributed by atoms with Crippen LogP contribution in [0.2, 0.25) is 0 Å². The summed E-state index contributed by atoms with van der Waals surface area (Å²) in [4.78, 5) is 20.4. The van der Waals surface area contributed by atoms with Gasteiger partial charge in [0.15, 0.2) is 5.65 Å². The van der Waals surface area contributed by atoms with Gasteiger partial charge in [-0.3, -0.25) is 4.90 Å². The number of anilines is 2. The molecule has 9 nitrogen and oxygen atoms in total. The molecule has 0 bridgehead atoms. The lowest BCUT2D eigenvalue weighted by molar-refractivity contribution is -0.147. The zero-order valence-corrected chi connectivity index (χ0v) is 23.0. The molecule has 1 unspecified atom stereocenters. The van der Waals surface area contributed by atoms with Crippen LogP contribution < -0.4 is 14.5 Å². The van der Waals surface area contributed by atoms with Gasteiger partial charge in [0, 0.05) is 43.9 Å². The maximum Gasteiger partial charge on any atom is 0.401 e. The number of ether oxygens (including phenoxy) is 2. The Bertz CT molecular complexity index is 1330. The van der Waals surface area contributed by atoms with Gasteiger partial charge in [-0.05, 0) is 50.1 Å². The number of aromatic nitrogens is 3. The zero-order valence-electron chi connectivity index (χ0n) is 23.0. The number of likely N-dealkylation sites (tertiary alicyclic amines) is 1. The van der Waals surface area contributed by atoms with Gasteiger partial charge in [0.1, 0.15) is 11.6 Å². The van der Waals surface area contributed by atoms with E-state index < -0.39 is 12.7 Å². The van der Waals surface area contributed by atoms with E-state index in [0.717, 1.165) is 16.8 Å². The van der Waals surface area contributed by atoms with E-state index in [0.29, 0.717) is 74.3 Å². The predicted octanol–water partition coefficient (Wildman–Crippen LogP) is 3.88. The van der Waals surface area contributed by atoms with Crippen molar-refractivity contribution in [1.82, 2.24) is 19.9 Å². The summed E-state index contributed by atoms with van der Waals surface area (Å²) in [6.45, 7) is 3.60. The van der Waals surface area contributed by atoms with Crippen LogP contribution in [-0.2, 0) is 11.3 Å². The second-order valence-corrected chi connectivity index (χ2v) is 10.5. The molecule has 0 saturated carbocycles. The standard InChI is InChI=1S/C28H35F3N6O3/c1-18-16-40-13-12-37(18)26-22-5-6-23(19-4-7-24(39-3)20(14-19)15-38)32-25(22)33-27(34-26)35(2)21-8-10-36(11-9-21)17-28(29,30)31/h4-7,14,18,21,38H,8-13,15-17H2,1-3H3. The lowest BCUT2D eigenvalue weighted by Crippen LogP contribution is -2.47. The van der Waals surface area contributed by atoms with Gasteiger partial charge in [0.05, 0.1) is 50.6 Å². The molecule has 216 valence electrons. The second kappa shape index (κ2) is 11.7. The molecular formula is C28H35F3N6O3. The van der Waals surface area contributed by atoms with Gasteiger partial charge in [-0.1, -0.05) is 0 Å². The molecule has 2 saturated heterocycles. The lowest BCUT2D eigenvalue weighted by atomic mass is 10.0. The minimum Gasteiger partial charge on any atom is -0.496 e. The number of morpholine rings is 1. The summed E-state index contributed by atoms with van der Waals surface area (Å²) in [5.74, 6) is 1.86. The maximum absolute atomic E-state index is 12.9. The Morgan fingerprint density at radius 1 is 1.10 bits per heavy atom. The van der Waals surface area contributed by atoms with Gasteiger partial charge >= 0.3 is 6.18 Å². The molecular weight excluding hydrogens is 525 g/mol. The predicted molar refractivity (Wildman–Crippen MR) is 147 cm³/mol. The number of hydrogen-bond donors (Lipinski definition) is 1. The van der Waals surface area contributed by atoms with Crippen molar-refractivity contribution < 1.29 is 27.8 Å². The second-order valence-electron chi connectivity index (χ2n) is 10.5. The van der Waals surface area contributed by atoms with Crippen molar-refractivity contribution >= 4 is 22.8 Å². The molecule has 0 radical (unpaired) electrons. The van der Waals surface area contributed by atoms with E-state index in [9.17, 15) is 18.3 Å². The van der Waals surface area contributed by atoms with Crippen LogP contribution >= 0.6 is 0 Å². The fraction of sp³-hybridized carbons (Fsp3) is 0.536. The molecule has 4 heterocycles. The van der Waals surface area contributed by atoms with Crippen LogP contribution in [0.3, 0.4) is 0 Å². The fourth-order valence-corrected chi connectivity index (χ4v) is 5.51. The number of aliphatic hydroxyl groups excluding tert-OH is 1. The summed E-state index contributed by atoms with van der Waals surface area (Å²) in [7, 11) is 3.46. The fourth-order valence-electron chi connectivity index (χ4n) is 5.51. The van der Waals surface area contributed by atoms with Crippen molar-refractivity contribution in [2.45, 2.75) is 44.6 Å². The molecule has 1 aromatic carbocycles. The summed E-state index contributed by atoms with van der Waals surface area (Å²) >= 11 is 0. The Labute approximate surface area is 231 Å². The van der Waals surface area contributed by atoms with Crippen LogP contribution in [0.25, 0.3) is 22.3 Å². The lowest BCUT2D eigenvalue weighted by Gasteiger charge is -2.38. The molecule has 0 aliphatic carbocycles. The topological polar surface area (TPSA) is 87.1 Å². The first-order valence-electron chi connectivity index (χ1n) is 13.5. The molecule has 12 heteroatoms. The molecule has 5 rings (SSSR count). The van der Waals surface area contributed by atoms with E-state index in [2.05, 4.69) is 11.8 Å². The maximum atomic E-state index is 12.9. The molecule has 2 aromatic heterocycles. The summed E-state index contributed by atoms with van der Waals surface area (Å²) in [6.07, 6.45) is -3.03. The number of halogens is 3. The number of benzene rings is 1. The summed E-state index contributed by atoms with van der Waals surface area (Å²) in [5, 5.41) is 10.6. The van der Waals surface area contributed by atoms with Crippen molar-refractivity contribution in [3.8, 4) is 17.0 Å². The van der Waals surface area contributed by atoms with E-state index in [1.807, 2.05) is 36.2 Å². The van der Waals surface area contributed by atoms with E-state index in [1.165, 1.54) is 4.90 Å². The van der Waals surface area contributed by atoms with Gasteiger partial charge in [0.2, 0.25) is 5.95 Å². The molecule has 0 spiro atoms. The van der Waals surface area contributed by atoms with Crippen LogP contribution in [-0.4, -0.2) is 96.8 Å². The number of aliphatic hydroxyl groups is 1. The Balaban J connectivity index is 1.50. The highest BCUT2D eigenvalue weighted by Crippen LogP contribution is 2.33. The quantitative estimate of drug-likeness (QED) is 0.463. The smallest absolute Gasteiger partial charge is 0.401 e. The number of fused-ring (bicyclic) bond motifs is 1. The van der Waals surface area contributed by atoms with Crippen LogP contribution in [0.5, 0.6) is 5.75 Å². The van der Waals surface area contributed by atoms with Crippen molar-refractivity contribution in [3.05, 3.63) is 35.9 Å². The van der Waals surface area contributed by atoms with Gasteiger partial charge in [-0.15, -0.1) is 0 Å². The van der Waals surface area contributed by atoms with E-state index in [1.54, 1.807) is 13.2 Å². The molecule has 40 heavy (non-hydrogen) atoms. The normalized spacial score (nSPS) is 19.3. The van der Waals surface area contributed by atoms with Crippen molar-refractivity contribution in [2.24, 2.45) is 0 Å². The summed E-state index contributed by atoms with van der Waals surface area (Å²) in [5.41, 5.74) is 2.70. The molecule has 1 N–H and O–H groups in total. The number of alkyl halides is 3. The highest BCUT2D eigenvalue weighted by Gasteiger charge is 2.34. The monoisotopic (exact) mass is 560 g/mol. The number of piperidine rings is 1. The number of hydrogen-bond acceptors (Lipinski definition) is 9. The molecule has 2 aliphatic heterocycles. The highest BCUT2D eigenvalue weighted by molar-refractivity contribution is 5.90. The molecule has 0 amide bonds. The average molecular weight is 561 g/mol. The minimum atomic E-state index is -4.20. The Morgan fingerprint density at radius 2 is 1.88 bits per heavy atom. The third-order valence-corrected chi connectivity index (χ3v) is 7.74. The van der Waals surface area contributed by atoms with E-state index >= 15 is 0 Å². The zero-order chi connectivity index (χ0) is 28.4. The Morgan fingerprint density at radius 3 is 2.55 bits per heavy atom. The first-order chi connectivity index (χ1) is 19.2. The van der Waals surface area contributed by atoms with E-state index in [-0.39, 0.29) is 18.7 Å². The average Bonchev–Trinajstić information content (AvgIpc) is 2.95. The van der Waals surface area contributed by atoms with Crippen LogP contribution in [0.4, 0.5) is 24.9 Å². The summed E-state index contributed by atoms with van der Waals surface area (Å²) in [6, 6.07) is 9.54. The minimum absolute atomic E-state index is 0.00813. The molecule has 3 aromatic rings. The van der Waals surface area contributed by atoms with Crippen molar-refractivity contribution in [3.63, 3.8) is 0 Å². The van der Waals surface area contributed by atoms with Crippen LogP contribution in [0, 0.1) is 0 Å². The SMILES string of the molecule is COc1ccc(-c2ccc3c(N4CCOCC4C)nc(N(C)C4CCN(CC(F)(F)F)CC4)nc3n2)cc1CO. The number of methoxy groups -OCH3 is 1. The third-order valence-electron chi connectivity index (χ3n) is 7.74. The van der Waals surface area contributed by atoms with Crippen molar-refractivity contribution in [2.75, 3.05) is 63.4 Å². The van der Waals surface area contributed by atoms with Crippen LogP contribution in [0.1, 0.15) is 25.3 Å². The van der Waals surface area contributed by atoms with Gasteiger partial charge in [-0.25, -0.2) is 4.98 Å². The number of rotatable bonds is 7. The van der Waals surface area contributed by atoms with Gasteiger partial charge in [-0.2, -0.15) is 23.1 Å². The Hall–Kier alpha value is -3.22. The molecule has 2 aliphatic rings. The Kier molecular flexibility index (Phi) is 8.29. The molecule has 1 atom stereocenters. The largest absolute Gasteiger partial charge is 0.496 e. The highest BCUT2D eigenvalue weighted by atomic mass is 19.4.